The molecule has 2 aromatic rings. The summed E-state index contributed by atoms with van der Waals surface area (Å²) < 4.78 is 3.17. The zero-order chi connectivity index (χ0) is 15.9. The molecule has 1 fully saturated rings. The van der Waals surface area contributed by atoms with Crippen LogP contribution in [0, 0.1) is 6.92 Å². The van der Waals surface area contributed by atoms with Gasteiger partial charge in [-0.05, 0) is 37.5 Å². The molecule has 116 valence electrons. The normalized spacial score (nSPS) is 16.8. The second-order valence-corrected chi connectivity index (χ2v) is 6.14. The third-order valence-corrected chi connectivity index (χ3v) is 4.77. The zero-order valence-electron chi connectivity index (χ0n) is 12.9. The number of aliphatic carboxylic acids is 1. The summed E-state index contributed by atoms with van der Waals surface area (Å²) in [6, 6.07) is 7.39. The van der Waals surface area contributed by atoms with Crippen LogP contribution in [0.5, 0.6) is 0 Å². The Labute approximate surface area is 128 Å². The number of aromatic nitrogens is 2. The average molecular weight is 300 g/mol. The van der Waals surface area contributed by atoms with Gasteiger partial charge in [0.05, 0.1) is 11.1 Å². The van der Waals surface area contributed by atoms with Gasteiger partial charge in [0.1, 0.15) is 0 Å². The van der Waals surface area contributed by atoms with Crippen LogP contribution in [0.4, 0.5) is 0 Å². The number of carbonyl (C=O) groups is 1. The molecule has 0 unspecified atom stereocenters. The number of hydrogen-bond acceptors (Lipinski definition) is 2. The van der Waals surface area contributed by atoms with Gasteiger partial charge in [-0.3, -0.25) is 9.36 Å². The molecule has 3 rings (SSSR count). The molecule has 1 aromatic heterocycles. The minimum absolute atomic E-state index is 0.0981. The van der Waals surface area contributed by atoms with Crippen LogP contribution >= 0.6 is 0 Å². The molecule has 0 bridgehead atoms. The number of nitrogens with zero attached hydrogens (tertiary/aromatic N) is 2. The molecule has 1 aliphatic rings. The summed E-state index contributed by atoms with van der Waals surface area (Å²) in [6.45, 7) is 1.88. The maximum absolute atomic E-state index is 12.1. The first-order chi connectivity index (χ1) is 10.5. The van der Waals surface area contributed by atoms with Gasteiger partial charge in [-0.25, -0.2) is 4.79 Å². The van der Waals surface area contributed by atoms with Crippen LogP contribution in [0.2, 0.25) is 0 Å². The van der Waals surface area contributed by atoms with Crippen LogP contribution in [0.1, 0.15) is 36.9 Å². The van der Waals surface area contributed by atoms with Crippen molar-refractivity contribution in [1.29, 1.82) is 0 Å². The highest BCUT2D eigenvalue weighted by molar-refractivity contribution is 5.81. The van der Waals surface area contributed by atoms with Crippen LogP contribution in [0.25, 0.3) is 5.69 Å². The predicted molar refractivity (Wildman–Crippen MR) is 83.5 cm³/mol. The van der Waals surface area contributed by atoms with E-state index in [1.807, 2.05) is 31.2 Å². The van der Waals surface area contributed by atoms with Gasteiger partial charge in [0.15, 0.2) is 0 Å². The number of rotatable bonds is 3. The van der Waals surface area contributed by atoms with Crippen molar-refractivity contribution in [3.8, 4) is 5.69 Å². The van der Waals surface area contributed by atoms with Gasteiger partial charge < -0.3 is 9.67 Å². The van der Waals surface area contributed by atoms with Crippen molar-refractivity contribution < 1.29 is 9.90 Å². The SMILES string of the molecule is Cc1cn(C)c(=O)n1-c1ccc(C2(C(=O)O)CCCC2)cc1. The van der Waals surface area contributed by atoms with E-state index in [4.69, 9.17) is 0 Å². The third-order valence-electron chi connectivity index (χ3n) is 4.77. The molecule has 0 amide bonds. The monoisotopic (exact) mass is 300 g/mol. The van der Waals surface area contributed by atoms with Crippen molar-refractivity contribution >= 4 is 5.97 Å². The largest absolute Gasteiger partial charge is 0.481 e. The summed E-state index contributed by atoms with van der Waals surface area (Å²) in [4.78, 5) is 23.9. The summed E-state index contributed by atoms with van der Waals surface area (Å²) in [6.07, 6.45) is 5.06. The molecule has 1 saturated carbocycles. The van der Waals surface area contributed by atoms with E-state index >= 15 is 0 Å². The van der Waals surface area contributed by atoms with E-state index in [9.17, 15) is 14.7 Å². The molecular weight excluding hydrogens is 280 g/mol. The second kappa shape index (κ2) is 5.16. The molecule has 1 aromatic carbocycles. The second-order valence-electron chi connectivity index (χ2n) is 6.14. The lowest BCUT2D eigenvalue weighted by Crippen LogP contribution is -2.32. The predicted octanol–water partition coefficient (Wildman–Crippen LogP) is 2.38. The van der Waals surface area contributed by atoms with Crippen LogP contribution < -0.4 is 5.69 Å². The van der Waals surface area contributed by atoms with E-state index in [2.05, 4.69) is 0 Å². The van der Waals surface area contributed by atoms with E-state index < -0.39 is 11.4 Å². The summed E-state index contributed by atoms with van der Waals surface area (Å²) in [7, 11) is 1.72. The van der Waals surface area contributed by atoms with Crippen LogP contribution in [-0.4, -0.2) is 20.2 Å². The molecule has 0 aliphatic heterocycles. The maximum atomic E-state index is 12.1. The lowest BCUT2D eigenvalue weighted by molar-refractivity contribution is -0.143. The summed E-state index contributed by atoms with van der Waals surface area (Å²) in [5.74, 6) is -0.745. The fraction of sp³-hybridized carbons (Fsp3) is 0.412. The molecule has 1 heterocycles. The Kier molecular flexibility index (Phi) is 3.43. The van der Waals surface area contributed by atoms with Crippen molar-refractivity contribution in [2.45, 2.75) is 38.0 Å². The fourth-order valence-electron chi connectivity index (χ4n) is 3.55. The molecule has 1 N–H and O–H groups in total. The van der Waals surface area contributed by atoms with Gasteiger partial charge in [-0.2, -0.15) is 0 Å². The van der Waals surface area contributed by atoms with Crippen molar-refractivity contribution in [3.05, 3.63) is 52.2 Å². The van der Waals surface area contributed by atoms with Crippen molar-refractivity contribution in [3.63, 3.8) is 0 Å². The minimum Gasteiger partial charge on any atom is -0.481 e. The molecule has 0 saturated heterocycles. The molecule has 1 aliphatic carbocycles. The lowest BCUT2D eigenvalue weighted by atomic mass is 9.79. The van der Waals surface area contributed by atoms with Crippen molar-refractivity contribution in [1.82, 2.24) is 9.13 Å². The number of carboxylic acid groups (broad SMARTS) is 1. The van der Waals surface area contributed by atoms with E-state index in [0.29, 0.717) is 12.8 Å². The molecule has 5 nitrogen and oxygen atoms in total. The highest BCUT2D eigenvalue weighted by Gasteiger charge is 2.42. The molecule has 5 heteroatoms. The third kappa shape index (κ3) is 2.08. The molecule has 0 radical (unpaired) electrons. The maximum Gasteiger partial charge on any atom is 0.332 e. The molecule has 0 atom stereocenters. The van der Waals surface area contributed by atoms with Crippen LogP contribution in [0.15, 0.2) is 35.3 Å². The Morgan fingerprint density at radius 1 is 1.18 bits per heavy atom. The van der Waals surface area contributed by atoms with Crippen molar-refractivity contribution in [2.75, 3.05) is 0 Å². The highest BCUT2D eigenvalue weighted by atomic mass is 16.4. The quantitative estimate of drug-likeness (QED) is 0.946. The Hall–Kier alpha value is -2.30. The van der Waals surface area contributed by atoms with Gasteiger partial charge in [0.25, 0.3) is 0 Å². The number of carboxylic acids is 1. The topological polar surface area (TPSA) is 64.2 Å². The van der Waals surface area contributed by atoms with Crippen molar-refractivity contribution in [2.24, 2.45) is 7.05 Å². The zero-order valence-corrected chi connectivity index (χ0v) is 12.9. The average Bonchev–Trinajstić information content (AvgIpc) is 3.07. The van der Waals surface area contributed by atoms with Gasteiger partial charge in [-0.15, -0.1) is 0 Å². The number of benzene rings is 1. The first-order valence-electron chi connectivity index (χ1n) is 7.55. The fourth-order valence-corrected chi connectivity index (χ4v) is 3.55. The van der Waals surface area contributed by atoms with Crippen LogP contribution in [-0.2, 0) is 17.3 Å². The van der Waals surface area contributed by atoms with Gasteiger partial charge in [0.2, 0.25) is 0 Å². The summed E-state index contributed by atoms with van der Waals surface area (Å²) in [5.41, 5.74) is 1.61. The Morgan fingerprint density at radius 2 is 1.77 bits per heavy atom. The summed E-state index contributed by atoms with van der Waals surface area (Å²) >= 11 is 0. The van der Waals surface area contributed by atoms with Gasteiger partial charge in [0, 0.05) is 18.9 Å². The standard InChI is InChI=1S/C17H20N2O3/c1-12-11-18(2)16(22)19(12)14-7-5-13(6-8-14)17(15(20)21)9-3-4-10-17/h5-8,11H,3-4,9-10H2,1-2H3,(H,20,21). The lowest BCUT2D eigenvalue weighted by Gasteiger charge is -2.24. The highest BCUT2D eigenvalue weighted by Crippen LogP contribution is 2.41. The number of imidazole rings is 1. The molecule has 0 spiro atoms. The van der Waals surface area contributed by atoms with E-state index in [1.54, 1.807) is 22.4 Å². The van der Waals surface area contributed by atoms with Gasteiger partial charge >= 0.3 is 11.7 Å². The first-order valence-corrected chi connectivity index (χ1v) is 7.55. The number of hydrogen-bond donors (Lipinski definition) is 1. The number of aryl methyl sites for hydroxylation is 2. The Bertz CT molecular complexity index is 762. The summed E-state index contributed by atoms with van der Waals surface area (Å²) in [5, 5.41) is 9.64. The minimum atomic E-state index is -0.755. The first kappa shape index (κ1) is 14.6. The smallest absolute Gasteiger partial charge is 0.332 e. The Balaban J connectivity index is 2.03. The Morgan fingerprint density at radius 3 is 2.23 bits per heavy atom. The van der Waals surface area contributed by atoms with Gasteiger partial charge in [-0.1, -0.05) is 25.0 Å². The molecular formula is C17H20N2O3. The van der Waals surface area contributed by atoms with E-state index in [-0.39, 0.29) is 5.69 Å². The van der Waals surface area contributed by atoms with E-state index in [1.165, 1.54) is 0 Å². The molecule has 22 heavy (non-hydrogen) atoms. The van der Waals surface area contributed by atoms with E-state index in [0.717, 1.165) is 29.8 Å². The van der Waals surface area contributed by atoms with Crippen LogP contribution in [0.3, 0.4) is 0 Å².